The van der Waals surface area contributed by atoms with E-state index in [1.807, 2.05) is 63.2 Å². The maximum absolute atomic E-state index is 14.1. The monoisotopic (exact) mass is 515 g/mol. The Morgan fingerprint density at radius 2 is 1.68 bits per heavy atom. The minimum absolute atomic E-state index is 0.122. The molecule has 0 aliphatic carbocycles. The van der Waals surface area contributed by atoms with Gasteiger partial charge in [0.2, 0.25) is 11.8 Å². The molecule has 3 aromatic carbocycles. The third kappa shape index (κ3) is 5.46. The predicted octanol–water partition coefficient (Wildman–Crippen LogP) is 4.53. The first-order valence-corrected chi connectivity index (χ1v) is 12.5. The number of benzene rings is 3. The predicted molar refractivity (Wildman–Crippen MR) is 146 cm³/mol. The zero-order valence-electron chi connectivity index (χ0n) is 22.3. The number of anilines is 1. The molecule has 9 heteroatoms. The van der Waals surface area contributed by atoms with Crippen LogP contribution >= 0.6 is 0 Å². The Labute approximate surface area is 222 Å². The van der Waals surface area contributed by atoms with Crippen LogP contribution in [0, 0.1) is 0 Å². The fraction of sp³-hybridized carbons (Fsp3) is 0.310. The van der Waals surface area contributed by atoms with E-state index in [1.54, 1.807) is 35.0 Å². The van der Waals surface area contributed by atoms with Gasteiger partial charge in [-0.1, -0.05) is 54.6 Å². The highest BCUT2D eigenvalue weighted by Gasteiger charge is 2.37. The molecule has 1 heterocycles. The lowest BCUT2D eigenvalue weighted by Crippen LogP contribution is -2.51. The van der Waals surface area contributed by atoms with Gasteiger partial charge in [0.25, 0.3) is 0 Å². The van der Waals surface area contributed by atoms with Gasteiger partial charge in [-0.2, -0.15) is 0 Å². The summed E-state index contributed by atoms with van der Waals surface area (Å²) >= 11 is 0. The summed E-state index contributed by atoms with van der Waals surface area (Å²) in [5, 5.41) is 11.5. The molecule has 0 fully saturated rings. The maximum Gasteiger partial charge on any atom is 0.249 e. The van der Waals surface area contributed by atoms with E-state index >= 15 is 0 Å². The molecule has 9 nitrogen and oxygen atoms in total. The first-order chi connectivity index (χ1) is 18.3. The zero-order chi connectivity index (χ0) is 27.3. The van der Waals surface area contributed by atoms with Crippen LogP contribution in [0.4, 0.5) is 5.69 Å². The standard InChI is InChI=1S/C29H33N5O4/c1-6-29(2,3)30-28(36)26(21-15-12-18-24(37-4)27(21)38-5)34(20-13-8-7-9-14-20)25(35)19-33-23-17-11-10-16-22(23)31-32-33/h7-18,26H,6,19H2,1-5H3,(H,30,36)/t26-/m1/s1. The highest BCUT2D eigenvalue weighted by atomic mass is 16.5. The lowest BCUT2D eigenvalue weighted by atomic mass is 9.97. The van der Waals surface area contributed by atoms with E-state index in [1.165, 1.54) is 19.1 Å². The third-order valence-corrected chi connectivity index (χ3v) is 6.59. The number of hydrogen-bond acceptors (Lipinski definition) is 6. The molecule has 1 aromatic heterocycles. The van der Waals surface area contributed by atoms with Crippen LogP contribution in [0.25, 0.3) is 11.0 Å². The maximum atomic E-state index is 14.1. The summed E-state index contributed by atoms with van der Waals surface area (Å²) in [6, 6.07) is 20.8. The molecular formula is C29H33N5O4. The lowest BCUT2D eigenvalue weighted by molar-refractivity contribution is -0.128. The second-order valence-corrected chi connectivity index (χ2v) is 9.55. The Balaban J connectivity index is 1.88. The van der Waals surface area contributed by atoms with Gasteiger partial charge in [0.05, 0.1) is 19.7 Å². The van der Waals surface area contributed by atoms with Crippen LogP contribution in [0.1, 0.15) is 38.8 Å². The number of para-hydroxylation sites is 3. The molecule has 2 amide bonds. The van der Waals surface area contributed by atoms with Crippen molar-refractivity contribution in [3.05, 3.63) is 78.4 Å². The number of amides is 2. The Morgan fingerprint density at radius 1 is 0.974 bits per heavy atom. The van der Waals surface area contributed by atoms with Gasteiger partial charge >= 0.3 is 0 Å². The molecule has 0 saturated heterocycles. The molecule has 0 aliphatic heterocycles. The smallest absolute Gasteiger partial charge is 0.249 e. The van der Waals surface area contributed by atoms with Crippen molar-refractivity contribution < 1.29 is 19.1 Å². The highest BCUT2D eigenvalue weighted by molar-refractivity contribution is 6.02. The van der Waals surface area contributed by atoms with Gasteiger partial charge in [0.1, 0.15) is 18.1 Å². The SMILES string of the molecule is CCC(C)(C)NC(=O)[C@@H](c1cccc(OC)c1OC)N(C(=O)Cn1nnc2ccccc21)c1ccccc1. The van der Waals surface area contributed by atoms with E-state index in [2.05, 4.69) is 15.6 Å². The van der Waals surface area contributed by atoms with Crippen molar-refractivity contribution in [1.82, 2.24) is 20.3 Å². The molecule has 1 N–H and O–H groups in total. The van der Waals surface area contributed by atoms with Gasteiger partial charge in [0.15, 0.2) is 11.5 Å². The van der Waals surface area contributed by atoms with Crippen molar-refractivity contribution in [3.63, 3.8) is 0 Å². The van der Waals surface area contributed by atoms with Crippen LogP contribution in [0.2, 0.25) is 0 Å². The molecule has 0 spiro atoms. The normalized spacial score (nSPS) is 12.1. The summed E-state index contributed by atoms with van der Waals surface area (Å²) in [7, 11) is 3.05. The van der Waals surface area contributed by atoms with Gasteiger partial charge in [-0.25, -0.2) is 4.68 Å². The Morgan fingerprint density at radius 3 is 2.37 bits per heavy atom. The van der Waals surface area contributed by atoms with E-state index in [9.17, 15) is 9.59 Å². The lowest BCUT2D eigenvalue weighted by Gasteiger charge is -2.35. The number of hydrogen-bond donors (Lipinski definition) is 1. The molecule has 0 radical (unpaired) electrons. The van der Waals surface area contributed by atoms with Gasteiger partial charge in [-0.15, -0.1) is 5.10 Å². The van der Waals surface area contributed by atoms with Gasteiger partial charge in [-0.3, -0.25) is 14.5 Å². The van der Waals surface area contributed by atoms with E-state index in [0.717, 1.165) is 5.52 Å². The minimum Gasteiger partial charge on any atom is -0.493 e. The van der Waals surface area contributed by atoms with E-state index < -0.39 is 11.6 Å². The second kappa shape index (κ2) is 11.3. The molecule has 198 valence electrons. The molecule has 0 aliphatic rings. The average molecular weight is 516 g/mol. The summed E-state index contributed by atoms with van der Waals surface area (Å²) in [5.41, 5.74) is 1.95. The van der Waals surface area contributed by atoms with Crippen molar-refractivity contribution in [2.45, 2.75) is 45.3 Å². The van der Waals surface area contributed by atoms with Crippen molar-refractivity contribution in [2.75, 3.05) is 19.1 Å². The second-order valence-electron chi connectivity index (χ2n) is 9.55. The van der Waals surface area contributed by atoms with Gasteiger partial charge in [0, 0.05) is 16.8 Å². The summed E-state index contributed by atoms with van der Waals surface area (Å²) in [4.78, 5) is 29.7. The number of carbonyl (C=O) groups is 2. The number of aromatic nitrogens is 3. The number of ether oxygens (including phenoxy) is 2. The number of nitrogens with one attached hydrogen (secondary N) is 1. The summed E-state index contributed by atoms with van der Waals surface area (Å²) in [6.45, 7) is 5.77. The van der Waals surface area contributed by atoms with Crippen molar-refractivity contribution in [3.8, 4) is 11.5 Å². The van der Waals surface area contributed by atoms with E-state index in [-0.39, 0.29) is 18.4 Å². The topological polar surface area (TPSA) is 98.6 Å². The quantitative estimate of drug-likeness (QED) is 0.333. The number of rotatable bonds is 10. The third-order valence-electron chi connectivity index (χ3n) is 6.59. The zero-order valence-corrected chi connectivity index (χ0v) is 22.3. The molecule has 4 aromatic rings. The summed E-state index contributed by atoms with van der Waals surface area (Å²) < 4.78 is 12.8. The molecular weight excluding hydrogens is 482 g/mol. The Hall–Kier alpha value is -4.40. The number of carbonyl (C=O) groups excluding carboxylic acids is 2. The summed E-state index contributed by atoms with van der Waals surface area (Å²) in [6.07, 6.45) is 0.699. The van der Waals surface area contributed by atoms with Crippen LogP contribution in [-0.2, 0) is 16.1 Å². The molecule has 4 rings (SSSR count). The average Bonchev–Trinajstić information content (AvgIpc) is 3.33. The molecule has 0 bridgehead atoms. The van der Waals surface area contributed by atoms with Gasteiger partial charge < -0.3 is 14.8 Å². The number of methoxy groups -OCH3 is 2. The van der Waals surface area contributed by atoms with Crippen LogP contribution in [0.5, 0.6) is 11.5 Å². The van der Waals surface area contributed by atoms with Crippen LogP contribution in [-0.4, -0.2) is 46.6 Å². The molecule has 1 atom stereocenters. The van der Waals surface area contributed by atoms with Crippen molar-refractivity contribution in [2.24, 2.45) is 0 Å². The minimum atomic E-state index is -1.06. The number of nitrogens with zero attached hydrogens (tertiary/aromatic N) is 4. The summed E-state index contributed by atoms with van der Waals surface area (Å²) in [5.74, 6) is 0.153. The highest BCUT2D eigenvalue weighted by Crippen LogP contribution is 2.39. The van der Waals surface area contributed by atoms with Crippen LogP contribution in [0.15, 0.2) is 72.8 Å². The largest absolute Gasteiger partial charge is 0.493 e. The van der Waals surface area contributed by atoms with Crippen LogP contribution in [0.3, 0.4) is 0 Å². The fourth-order valence-corrected chi connectivity index (χ4v) is 4.28. The molecule has 0 unspecified atom stereocenters. The molecule has 0 saturated carbocycles. The van der Waals surface area contributed by atoms with Crippen LogP contribution < -0.4 is 19.7 Å². The first-order valence-electron chi connectivity index (χ1n) is 12.5. The number of fused-ring (bicyclic) bond motifs is 1. The molecule has 38 heavy (non-hydrogen) atoms. The fourth-order valence-electron chi connectivity index (χ4n) is 4.28. The van der Waals surface area contributed by atoms with Gasteiger partial charge in [-0.05, 0) is 50.6 Å². The van der Waals surface area contributed by atoms with Crippen molar-refractivity contribution >= 4 is 28.5 Å². The first kappa shape index (κ1) is 26.7. The van der Waals surface area contributed by atoms with E-state index in [4.69, 9.17) is 9.47 Å². The van der Waals surface area contributed by atoms with Crippen molar-refractivity contribution in [1.29, 1.82) is 0 Å². The Bertz CT molecular complexity index is 1420. The Kier molecular flexibility index (Phi) is 7.95. The van der Waals surface area contributed by atoms with E-state index in [0.29, 0.717) is 34.7 Å².